The van der Waals surface area contributed by atoms with Crippen LogP contribution in [-0.4, -0.2) is 60.5 Å². The molecule has 3 aliphatic rings. The van der Waals surface area contributed by atoms with Crippen LogP contribution in [0, 0.1) is 23.2 Å². The molecule has 2 saturated heterocycles. The number of carbonyl (C=O) groups is 4. The quantitative estimate of drug-likeness (QED) is 0.539. The molecule has 3 N–H and O–H groups in total. The lowest BCUT2D eigenvalue weighted by Crippen LogP contribution is -2.44. The van der Waals surface area contributed by atoms with Gasteiger partial charge in [-0.1, -0.05) is 30.3 Å². The van der Waals surface area contributed by atoms with E-state index in [0.29, 0.717) is 19.4 Å². The van der Waals surface area contributed by atoms with Gasteiger partial charge in [-0.2, -0.15) is 0 Å². The first-order valence-corrected chi connectivity index (χ1v) is 11.6. The summed E-state index contributed by atoms with van der Waals surface area (Å²) in [5.41, 5.74) is 5.78. The predicted molar refractivity (Wildman–Crippen MR) is 116 cm³/mol. The normalized spacial score (nSPS) is 28.7. The van der Waals surface area contributed by atoms with Crippen molar-refractivity contribution in [2.75, 3.05) is 19.7 Å². The highest BCUT2D eigenvalue weighted by Gasteiger charge is 2.65. The third kappa shape index (κ3) is 5.66. The molecule has 0 bridgehead atoms. The van der Waals surface area contributed by atoms with Gasteiger partial charge in [-0.15, -0.1) is 13.2 Å². The van der Waals surface area contributed by atoms with Crippen LogP contribution in [0.5, 0.6) is 0 Å². The van der Waals surface area contributed by atoms with Crippen LogP contribution in [-0.2, 0) is 30.3 Å². The number of halogens is 3. The second kappa shape index (κ2) is 9.60. The van der Waals surface area contributed by atoms with Crippen molar-refractivity contribution < 1.29 is 37.1 Å². The second-order valence-electron chi connectivity index (χ2n) is 9.80. The van der Waals surface area contributed by atoms with E-state index >= 15 is 0 Å². The standard InChI is InChI=1S/C24H28F3N3O5/c25-24(26,27)35-12-19(31)16(9-15-6-7-29-22(15)34)17-10-23(17)11-18(21(28)33)30(13-23)20(32)8-14-4-2-1-3-5-14/h1-5,15-18H,6-13H2,(H2,28,33)(H,29,34)/t15-,16+,17?,18?,23?/m1/s1. The first-order valence-electron chi connectivity index (χ1n) is 11.6. The highest BCUT2D eigenvalue weighted by Crippen LogP contribution is 2.64. The van der Waals surface area contributed by atoms with E-state index in [4.69, 9.17) is 5.73 Å². The Morgan fingerprint density at radius 2 is 1.91 bits per heavy atom. The number of likely N-dealkylation sites (tertiary alicyclic amines) is 1. The fraction of sp³-hybridized carbons (Fsp3) is 0.583. The molecule has 0 radical (unpaired) electrons. The van der Waals surface area contributed by atoms with Crippen molar-refractivity contribution in [2.45, 2.75) is 44.5 Å². The molecule has 190 valence electrons. The Labute approximate surface area is 200 Å². The summed E-state index contributed by atoms with van der Waals surface area (Å²) in [5.74, 6) is -3.57. The van der Waals surface area contributed by atoms with Crippen LogP contribution in [0.3, 0.4) is 0 Å². The molecule has 2 heterocycles. The number of nitrogens with zero attached hydrogens (tertiary/aromatic N) is 1. The zero-order valence-corrected chi connectivity index (χ0v) is 19.1. The molecule has 1 aliphatic carbocycles. The number of hydrogen-bond acceptors (Lipinski definition) is 5. The number of Topliss-reactive ketones (excluding diaryl/α,β-unsaturated/α-hetero) is 1. The highest BCUT2D eigenvalue weighted by molar-refractivity contribution is 5.89. The summed E-state index contributed by atoms with van der Waals surface area (Å²) >= 11 is 0. The van der Waals surface area contributed by atoms with Crippen LogP contribution in [0.4, 0.5) is 13.2 Å². The van der Waals surface area contributed by atoms with Crippen molar-refractivity contribution >= 4 is 23.5 Å². The van der Waals surface area contributed by atoms with Crippen molar-refractivity contribution in [1.82, 2.24) is 10.2 Å². The molecular formula is C24H28F3N3O5. The fourth-order valence-electron chi connectivity index (χ4n) is 5.72. The van der Waals surface area contributed by atoms with Crippen LogP contribution in [0.1, 0.15) is 31.2 Å². The van der Waals surface area contributed by atoms with E-state index in [1.165, 1.54) is 4.90 Å². The minimum absolute atomic E-state index is 0.0788. The maximum atomic E-state index is 13.0. The number of primary amides is 1. The van der Waals surface area contributed by atoms with Gasteiger partial charge in [0.1, 0.15) is 12.6 Å². The molecule has 5 atom stereocenters. The SMILES string of the molecule is NC(=O)C1CC2(CC2[C@H](C[C@H]2CCNC2=O)C(=O)COC(F)(F)F)CN1C(=O)Cc1ccccc1. The molecule has 2 aliphatic heterocycles. The smallest absolute Gasteiger partial charge is 0.368 e. The van der Waals surface area contributed by atoms with Gasteiger partial charge >= 0.3 is 6.36 Å². The Kier molecular flexibility index (Phi) is 6.90. The first-order chi connectivity index (χ1) is 16.5. The summed E-state index contributed by atoms with van der Waals surface area (Å²) in [4.78, 5) is 51.6. The summed E-state index contributed by atoms with van der Waals surface area (Å²) in [7, 11) is 0. The number of alkyl halides is 3. The summed E-state index contributed by atoms with van der Waals surface area (Å²) in [6.07, 6.45) is -3.56. The van der Waals surface area contributed by atoms with Gasteiger partial charge in [0.05, 0.1) is 6.42 Å². The molecule has 8 nitrogen and oxygen atoms in total. The number of benzene rings is 1. The molecular weight excluding hydrogens is 467 g/mol. The average molecular weight is 495 g/mol. The average Bonchev–Trinajstić information content (AvgIpc) is 3.10. The Balaban J connectivity index is 1.50. The third-order valence-electron chi connectivity index (χ3n) is 7.54. The first kappa shape index (κ1) is 25.2. The molecule has 35 heavy (non-hydrogen) atoms. The van der Waals surface area contributed by atoms with Gasteiger partial charge in [0.2, 0.25) is 17.7 Å². The van der Waals surface area contributed by atoms with E-state index in [2.05, 4.69) is 10.1 Å². The number of nitrogens with two attached hydrogens (primary N) is 1. The van der Waals surface area contributed by atoms with E-state index in [1.54, 1.807) is 24.3 Å². The maximum Gasteiger partial charge on any atom is 0.522 e. The lowest BCUT2D eigenvalue weighted by molar-refractivity contribution is -0.321. The van der Waals surface area contributed by atoms with E-state index in [-0.39, 0.29) is 43.5 Å². The third-order valence-corrected chi connectivity index (χ3v) is 7.54. The van der Waals surface area contributed by atoms with Gasteiger partial charge in [-0.3, -0.25) is 23.9 Å². The molecule has 1 saturated carbocycles. The molecule has 0 aromatic heterocycles. The van der Waals surface area contributed by atoms with E-state index in [0.717, 1.165) is 5.56 Å². The van der Waals surface area contributed by atoms with Crippen molar-refractivity contribution in [3.05, 3.63) is 35.9 Å². The summed E-state index contributed by atoms with van der Waals surface area (Å²) in [6, 6.07) is 8.16. The molecule has 1 aromatic rings. The molecule has 1 spiro atoms. The van der Waals surface area contributed by atoms with Gasteiger partial charge in [-0.25, -0.2) is 0 Å². The molecule has 3 amide bonds. The van der Waals surface area contributed by atoms with Gasteiger partial charge in [-0.05, 0) is 42.6 Å². The monoisotopic (exact) mass is 495 g/mol. The molecule has 3 fully saturated rings. The number of amides is 3. The van der Waals surface area contributed by atoms with E-state index in [9.17, 15) is 32.3 Å². The summed E-state index contributed by atoms with van der Waals surface area (Å²) < 4.78 is 41.5. The van der Waals surface area contributed by atoms with Crippen LogP contribution >= 0.6 is 0 Å². The molecule has 3 unspecified atom stereocenters. The second-order valence-corrected chi connectivity index (χ2v) is 9.80. The van der Waals surface area contributed by atoms with Crippen LogP contribution in [0.2, 0.25) is 0 Å². The van der Waals surface area contributed by atoms with Crippen molar-refractivity contribution in [1.29, 1.82) is 0 Å². The number of nitrogens with one attached hydrogen (secondary N) is 1. The number of carbonyl (C=O) groups excluding carboxylic acids is 4. The van der Waals surface area contributed by atoms with Crippen molar-refractivity contribution in [3.63, 3.8) is 0 Å². The Morgan fingerprint density at radius 3 is 2.51 bits per heavy atom. The highest BCUT2D eigenvalue weighted by atomic mass is 19.4. The molecule has 1 aromatic carbocycles. The minimum atomic E-state index is -4.95. The number of rotatable bonds is 9. The van der Waals surface area contributed by atoms with E-state index in [1.807, 2.05) is 6.07 Å². The number of ketones is 1. The molecule has 11 heteroatoms. The Bertz CT molecular complexity index is 1000. The topological polar surface area (TPSA) is 119 Å². The van der Waals surface area contributed by atoms with Gasteiger partial charge in [0.15, 0.2) is 5.78 Å². The van der Waals surface area contributed by atoms with Crippen molar-refractivity contribution in [3.8, 4) is 0 Å². The van der Waals surface area contributed by atoms with Crippen LogP contribution < -0.4 is 11.1 Å². The molecule has 4 rings (SSSR count). The van der Waals surface area contributed by atoms with Crippen LogP contribution in [0.25, 0.3) is 0 Å². The van der Waals surface area contributed by atoms with Gasteiger partial charge in [0, 0.05) is 24.9 Å². The van der Waals surface area contributed by atoms with Crippen molar-refractivity contribution in [2.24, 2.45) is 28.9 Å². The fourth-order valence-corrected chi connectivity index (χ4v) is 5.72. The van der Waals surface area contributed by atoms with Crippen LogP contribution in [0.15, 0.2) is 30.3 Å². The van der Waals surface area contributed by atoms with E-state index < -0.39 is 48.0 Å². The maximum absolute atomic E-state index is 13.0. The Hall–Kier alpha value is -2.95. The lowest BCUT2D eigenvalue weighted by atomic mass is 9.83. The largest absolute Gasteiger partial charge is 0.522 e. The minimum Gasteiger partial charge on any atom is -0.368 e. The summed E-state index contributed by atoms with van der Waals surface area (Å²) in [6.45, 7) is -0.493. The number of ether oxygens (including phenoxy) is 1. The van der Waals surface area contributed by atoms with Gasteiger partial charge < -0.3 is 16.0 Å². The van der Waals surface area contributed by atoms with Gasteiger partial charge in [0.25, 0.3) is 0 Å². The predicted octanol–water partition coefficient (Wildman–Crippen LogP) is 1.57. The zero-order chi connectivity index (χ0) is 25.4. The zero-order valence-electron chi connectivity index (χ0n) is 19.1. The lowest BCUT2D eigenvalue weighted by Gasteiger charge is -2.23. The Morgan fingerprint density at radius 1 is 1.20 bits per heavy atom. The summed E-state index contributed by atoms with van der Waals surface area (Å²) in [5, 5.41) is 2.68. The number of hydrogen-bond donors (Lipinski definition) is 2.